The molecular formula is C11H13NOS. The fourth-order valence-corrected chi connectivity index (χ4v) is 2.55. The number of H-pyrrole nitrogens is 1. The lowest BCUT2D eigenvalue weighted by Gasteiger charge is -2.08. The highest BCUT2D eigenvalue weighted by molar-refractivity contribution is 7.10. The zero-order chi connectivity index (χ0) is 9.97. The van der Waals surface area contributed by atoms with Crippen molar-refractivity contribution in [1.29, 1.82) is 0 Å². The summed E-state index contributed by atoms with van der Waals surface area (Å²) in [5, 5.41) is 12.1. The van der Waals surface area contributed by atoms with E-state index in [0.717, 1.165) is 16.9 Å². The Balaban J connectivity index is 2.31. The number of aliphatic hydroxyl groups excluding tert-OH is 1. The van der Waals surface area contributed by atoms with Crippen LogP contribution < -0.4 is 0 Å². The Bertz CT molecular complexity index is 391. The molecule has 2 nitrogen and oxygen atoms in total. The molecule has 0 aliphatic heterocycles. The SMILES string of the molecule is CCc1ccsc1C(O)c1cc[nH]c1. The third-order valence-corrected chi connectivity index (χ3v) is 3.36. The molecule has 3 heteroatoms. The molecule has 0 fully saturated rings. The zero-order valence-electron chi connectivity index (χ0n) is 8.03. The van der Waals surface area contributed by atoms with Crippen molar-refractivity contribution in [1.82, 2.24) is 4.98 Å². The van der Waals surface area contributed by atoms with E-state index in [9.17, 15) is 5.11 Å². The normalized spacial score (nSPS) is 13.0. The van der Waals surface area contributed by atoms with Crippen LogP contribution in [-0.2, 0) is 6.42 Å². The van der Waals surface area contributed by atoms with Crippen LogP contribution in [0.5, 0.6) is 0 Å². The summed E-state index contributed by atoms with van der Waals surface area (Å²) in [7, 11) is 0. The standard InChI is InChI=1S/C11H13NOS/c1-2-8-4-6-14-11(8)10(13)9-3-5-12-7-9/h3-7,10,12-13H,2H2,1H3. The molecule has 2 heterocycles. The summed E-state index contributed by atoms with van der Waals surface area (Å²) in [5.74, 6) is 0. The van der Waals surface area contributed by atoms with Gasteiger partial charge in [-0.2, -0.15) is 0 Å². The second-order valence-electron chi connectivity index (χ2n) is 3.21. The highest BCUT2D eigenvalue weighted by atomic mass is 32.1. The van der Waals surface area contributed by atoms with E-state index in [1.54, 1.807) is 11.3 Å². The molecule has 0 saturated heterocycles. The monoisotopic (exact) mass is 207 g/mol. The van der Waals surface area contributed by atoms with E-state index < -0.39 is 6.10 Å². The van der Waals surface area contributed by atoms with Gasteiger partial charge in [-0.1, -0.05) is 6.92 Å². The third kappa shape index (κ3) is 1.61. The van der Waals surface area contributed by atoms with Crippen LogP contribution in [0.1, 0.15) is 29.0 Å². The Labute approximate surface area is 87.2 Å². The molecule has 0 aliphatic carbocycles. The summed E-state index contributed by atoms with van der Waals surface area (Å²) >= 11 is 1.62. The quantitative estimate of drug-likeness (QED) is 0.797. The molecule has 0 bridgehead atoms. The molecule has 1 atom stereocenters. The van der Waals surface area contributed by atoms with Crippen LogP contribution in [0.15, 0.2) is 29.9 Å². The average molecular weight is 207 g/mol. The van der Waals surface area contributed by atoms with Crippen molar-refractivity contribution in [3.05, 3.63) is 45.9 Å². The van der Waals surface area contributed by atoms with Crippen molar-refractivity contribution in [2.24, 2.45) is 0 Å². The lowest BCUT2D eigenvalue weighted by atomic mass is 10.1. The molecule has 2 aromatic rings. The Morgan fingerprint density at radius 2 is 2.36 bits per heavy atom. The smallest absolute Gasteiger partial charge is 0.115 e. The van der Waals surface area contributed by atoms with E-state index >= 15 is 0 Å². The van der Waals surface area contributed by atoms with Crippen LogP contribution in [0.4, 0.5) is 0 Å². The Morgan fingerprint density at radius 1 is 1.50 bits per heavy atom. The van der Waals surface area contributed by atoms with E-state index in [4.69, 9.17) is 0 Å². The molecule has 0 saturated carbocycles. The van der Waals surface area contributed by atoms with Gasteiger partial charge in [-0.3, -0.25) is 0 Å². The Kier molecular flexibility index (Phi) is 2.70. The summed E-state index contributed by atoms with van der Waals surface area (Å²) in [5.41, 5.74) is 2.17. The molecule has 0 spiro atoms. The first-order chi connectivity index (χ1) is 6.83. The minimum Gasteiger partial charge on any atom is -0.383 e. The van der Waals surface area contributed by atoms with Gasteiger partial charge in [0.05, 0.1) is 0 Å². The van der Waals surface area contributed by atoms with Crippen LogP contribution >= 0.6 is 11.3 Å². The van der Waals surface area contributed by atoms with Crippen LogP contribution in [0.2, 0.25) is 0 Å². The highest BCUT2D eigenvalue weighted by Crippen LogP contribution is 2.29. The first-order valence-electron chi connectivity index (χ1n) is 4.70. The number of aromatic nitrogens is 1. The fraction of sp³-hybridized carbons (Fsp3) is 0.273. The lowest BCUT2D eigenvalue weighted by molar-refractivity contribution is 0.223. The van der Waals surface area contributed by atoms with Gasteiger partial charge in [0.25, 0.3) is 0 Å². The number of thiophene rings is 1. The third-order valence-electron chi connectivity index (χ3n) is 2.35. The molecule has 2 rings (SSSR count). The number of hydrogen-bond acceptors (Lipinski definition) is 2. The number of aliphatic hydroxyl groups is 1. The average Bonchev–Trinajstić information content (AvgIpc) is 2.87. The molecule has 2 aromatic heterocycles. The summed E-state index contributed by atoms with van der Waals surface area (Å²) < 4.78 is 0. The second kappa shape index (κ2) is 3.98. The molecule has 0 aromatic carbocycles. The van der Waals surface area contributed by atoms with Crippen LogP contribution in [0.3, 0.4) is 0 Å². The molecule has 2 N–H and O–H groups in total. The molecule has 0 radical (unpaired) electrons. The van der Waals surface area contributed by atoms with Crippen molar-refractivity contribution < 1.29 is 5.11 Å². The maximum atomic E-state index is 10.1. The second-order valence-corrected chi connectivity index (χ2v) is 4.16. The van der Waals surface area contributed by atoms with Crippen molar-refractivity contribution in [3.8, 4) is 0 Å². The zero-order valence-corrected chi connectivity index (χ0v) is 8.84. The summed E-state index contributed by atoms with van der Waals surface area (Å²) in [6.45, 7) is 2.11. The van der Waals surface area contributed by atoms with Gasteiger partial charge in [-0.15, -0.1) is 11.3 Å². The summed E-state index contributed by atoms with van der Waals surface area (Å²) in [6.07, 6.45) is 4.17. The molecule has 74 valence electrons. The Hall–Kier alpha value is -1.06. The number of hydrogen-bond donors (Lipinski definition) is 2. The lowest BCUT2D eigenvalue weighted by Crippen LogP contribution is -1.98. The molecule has 1 unspecified atom stereocenters. The molecule has 0 amide bonds. The minimum absolute atomic E-state index is 0.476. The maximum absolute atomic E-state index is 10.1. The minimum atomic E-state index is -0.476. The summed E-state index contributed by atoms with van der Waals surface area (Å²) in [6, 6.07) is 3.99. The number of aryl methyl sites for hydroxylation is 1. The predicted octanol–water partition coefficient (Wildman–Crippen LogP) is 2.72. The van der Waals surface area contributed by atoms with Gasteiger partial charge >= 0.3 is 0 Å². The first-order valence-corrected chi connectivity index (χ1v) is 5.58. The van der Waals surface area contributed by atoms with Gasteiger partial charge in [0.15, 0.2) is 0 Å². The van der Waals surface area contributed by atoms with E-state index in [1.165, 1.54) is 5.56 Å². The largest absolute Gasteiger partial charge is 0.383 e. The maximum Gasteiger partial charge on any atom is 0.115 e. The topological polar surface area (TPSA) is 36.0 Å². The Morgan fingerprint density at radius 3 is 3.00 bits per heavy atom. The summed E-state index contributed by atoms with van der Waals surface area (Å²) in [4.78, 5) is 4.02. The van der Waals surface area contributed by atoms with Gasteiger partial charge in [-0.05, 0) is 29.5 Å². The van der Waals surface area contributed by atoms with Crippen LogP contribution in [0, 0.1) is 0 Å². The molecule has 0 aliphatic rings. The number of rotatable bonds is 3. The van der Waals surface area contributed by atoms with Crippen molar-refractivity contribution in [2.45, 2.75) is 19.4 Å². The number of aromatic amines is 1. The van der Waals surface area contributed by atoms with Gasteiger partial charge in [0, 0.05) is 22.8 Å². The molecular weight excluding hydrogens is 194 g/mol. The number of nitrogens with one attached hydrogen (secondary N) is 1. The van der Waals surface area contributed by atoms with E-state index in [0.29, 0.717) is 0 Å². The van der Waals surface area contributed by atoms with Gasteiger partial charge < -0.3 is 10.1 Å². The predicted molar refractivity (Wildman–Crippen MR) is 58.6 cm³/mol. The van der Waals surface area contributed by atoms with Gasteiger partial charge in [0.2, 0.25) is 0 Å². The van der Waals surface area contributed by atoms with E-state index in [1.807, 2.05) is 23.8 Å². The fourth-order valence-electron chi connectivity index (χ4n) is 1.54. The highest BCUT2D eigenvalue weighted by Gasteiger charge is 2.15. The van der Waals surface area contributed by atoms with Crippen molar-refractivity contribution in [2.75, 3.05) is 0 Å². The van der Waals surface area contributed by atoms with Crippen molar-refractivity contribution in [3.63, 3.8) is 0 Å². The van der Waals surface area contributed by atoms with E-state index in [-0.39, 0.29) is 0 Å². The van der Waals surface area contributed by atoms with Gasteiger partial charge in [-0.25, -0.2) is 0 Å². The molecule has 14 heavy (non-hydrogen) atoms. The van der Waals surface area contributed by atoms with E-state index in [2.05, 4.69) is 18.0 Å². The first kappa shape index (κ1) is 9.49. The van der Waals surface area contributed by atoms with Crippen LogP contribution in [0.25, 0.3) is 0 Å². The van der Waals surface area contributed by atoms with Crippen LogP contribution in [-0.4, -0.2) is 10.1 Å². The van der Waals surface area contributed by atoms with Crippen molar-refractivity contribution >= 4 is 11.3 Å². The van der Waals surface area contributed by atoms with Gasteiger partial charge in [0.1, 0.15) is 6.10 Å².